The number of methoxy groups -OCH3 is 1. The van der Waals surface area contributed by atoms with Crippen LogP contribution in [0, 0.1) is 5.92 Å². The predicted molar refractivity (Wildman–Crippen MR) is 63.9 cm³/mol. The molecule has 0 spiro atoms. The van der Waals surface area contributed by atoms with E-state index in [0.717, 1.165) is 31.8 Å². The number of ether oxygens (including phenoxy) is 1. The molecule has 0 aromatic rings. The lowest BCUT2D eigenvalue weighted by Gasteiger charge is -2.38. The molecule has 90 valence electrons. The Morgan fingerprint density at radius 3 is 2.73 bits per heavy atom. The average Bonchev–Trinajstić information content (AvgIpc) is 2.25. The van der Waals surface area contributed by atoms with Gasteiger partial charge in [-0.3, -0.25) is 4.90 Å². The van der Waals surface area contributed by atoms with E-state index in [1.54, 1.807) is 0 Å². The molecule has 0 radical (unpaired) electrons. The normalized spacial score (nSPS) is 28.6. The van der Waals surface area contributed by atoms with Gasteiger partial charge in [0.05, 0.1) is 6.10 Å². The molecule has 2 N–H and O–H groups in total. The van der Waals surface area contributed by atoms with Crippen molar-refractivity contribution >= 4 is 0 Å². The molecule has 0 saturated carbocycles. The van der Waals surface area contributed by atoms with Gasteiger partial charge < -0.3 is 10.5 Å². The minimum Gasteiger partial charge on any atom is -0.381 e. The van der Waals surface area contributed by atoms with E-state index in [4.69, 9.17) is 10.5 Å². The Balaban J connectivity index is 2.36. The first-order chi connectivity index (χ1) is 7.17. The van der Waals surface area contributed by atoms with Gasteiger partial charge in [-0.2, -0.15) is 0 Å². The molecule has 1 fully saturated rings. The number of hydrogen-bond acceptors (Lipinski definition) is 3. The molecular weight excluding hydrogens is 188 g/mol. The highest BCUT2D eigenvalue weighted by Gasteiger charge is 2.26. The van der Waals surface area contributed by atoms with Gasteiger partial charge in [-0.15, -0.1) is 0 Å². The maximum Gasteiger partial charge on any atom is 0.0599 e. The van der Waals surface area contributed by atoms with Crippen LogP contribution in [0.15, 0.2) is 0 Å². The number of piperidine rings is 1. The molecule has 0 aromatic carbocycles. The van der Waals surface area contributed by atoms with Crippen LogP contribution in [0.3, 0.4) is 0 Å². The van der Waals surface area contributed by atoms with Gasteiger partial charge in [0.2, 0.25) is 0 Å². The molecule has 1 heterocycles. The van der Waals surface area contributed by atoms with Gasteiger partial charge in [-0.25, -0.2) is 0 Å². The Kier molecular flexibility index (Phi) is 5.58. The first-order valence-corrected chi connectivity index (χ1v) is 6.14. The van der Waals surface area contributed by atoms with Crippen molar-refractivity contribution < 1.29 is 4.74 Å². The summed E-state index contributed by atoms with van der Waals surface area (Å²) in [7, 11) is 1.81. The average molecular weight is 214 g/mol. The fourth-order valence-electron chi connectivity index (χ4n) is 2.24. The zero-order valence-corrected chi connectivity index (χ0v) is 10.4. The van der Waals surface area contributed by atoms with E-state index in [1.165, 1.54) is 13.0 Å². The number of likely N-dealkylation sites (tertiary alicyclic amines) is 1. The Bertz CT molecular complexity index is 173. The smallest absolute Gasteiger partial charge is 0.0599 e. The topological polar surface area (TPSA) is 38.5 Å². The number of nitrogens with zero attached hydrogens (tertiary/aromatic N) is 1. The second-order valence-electron chi connectivity index (χ2n) is 4.99. The molecule has 0 aliphatic carbocycles. The Morgan fingerprint density at radius 1 is 1.47 bits per heavy atom. The van der Waals surface area contributed by atoms with E-state index >= 15 is 0 Å². The van der Waals surface area contributed by atoms with Crippen molar-refractivity contribution in [3.05, 3.63) is 0 Å². The van der Waals surface area contributed by atoms with Crippen LogP contribution < -0.4 is 5.73 Å². The molecule has 3 nitrogen and oxygen atoms in total. The maximum atomic E-state index is 5.82. The molecule has 1 aliphatic heterocycles. The molecule has 0 aromatic heterocycles. The van der Waals surface area contributed by atoms with Crippen LogP contribution in [-0.2, 0) is 4.74 Å². The monoisotopic (exact) mass is 214 g/mol. The highest BCUT2D eigenvalue weighted by Crippen LogP contribution is 2.19. The summed E-state index contributed by atoms with van der Waals surface area (Å²) in [5.74, 6) is 0.781. The van der Waals surface area contributed by atoms with Crippen LogP contribution in [0.1, 0.15) is 33.1 Å². The zero-order valence-electron chi connectivity index (χ0n) is 10.4. The fraction of sp³-hybridized carbons (Fsp3) is 1.00. The molecule has 2 atom stereocenters. The summed E-state index contributed by atoms with van der Waals surface area (Å²) < 4.78 is 5.41. The third-order valence-corrected chi connectivity index (χ3v) is 3.39. The summed E-state index contributed by atoms with van der Waals surface area (Å²) in [6, 6.07) is 0.530. The molecule has 1 saturated heterocycles. The first kappa shape index (κ1) is 12.9. The van der Waals surface area contributed by atoms with Crippen molar-refractivity contribution in [2.75, 3.05) is 26.7 Å². The highest BCUT2D eigenvalue weighted by molar-refractivity contribution is 4.82. The Labute approximate surface area is 94.0 Å². The number of hydrogen-bond donors (Lipinski definition) is 1. The van der Waals surface area contributed by atoms with Crippen molar-refractivity contribution in [3.63, 3.8) is 0 Å². The third kappa shape index (κ3) is 4.09. The second-order valence-corrected chi connectivity index (χ2v) is 4.99. The fourth-order valence-corrected chi connectivity index (χ4v) is 2.24. The van der Waals surface area contributed by atoms with Crippen LogP contribution in [-0.4, -0.2) is 43.8 Å². The van der Waals surface area contributed by atoms with Gasteiger partial charge in [0.15, 0.2) is 0 Å². The lowest BCUT2D eigenvalue weighted by molar-refractivity contribution is 0.0119. The summed E-state index contributed by atoms with van der Waals surface area (Å²) in [6.45, 7) is 7.65. The molecular formula is C12H26N2O. The quantitative estimate of drug-likeness (QED) is 0.753. The van der Waals surface area contributed by atoms with E-state index in [9.17, 15) is 0 Å². The van der Waals surface area contributed by atoms with Gasteiger partial charge in [-0.1, -0.05) is 13.8 Å². The van der Waals surface area contributed by atoms with E-state index in [-0.39, 0.29) is 0 Å². The van der Waals surface area contributed by atoms with Gasteiger partial charge in [0, 0.05) is 26.2 Å². The van der Waals surface area contributed by atoms with Crippen LogP contribution in [0.2, 0.25) is 0 Å². The van der Waals surface area contributed by atoms with Crippen molar-refractivity contribution in [1.29, 1.82) is 0 Å². The lowest BCUT2D eigenvalue weighted by Crippen LogP contribution is -2.48. The molecule has 1 rings (SSSR count). The molecule has 0 amide bonds. The Hall–Kier alpha value is -0.120. The van der Waals surface area contributed by atoms with Crippen LogP contribution in [0.25, 0.3) is 0 Å². The summed E-state index contributed by atoms with van der Waals surface area (Å²) in [4.78, 5) is 2.54. The summed E-state index contributed by atoms with van der Waals surface area (Å²) in [5.41, 5.74) is 5.82. The number of rotatable bonds is 5. The second kappa shape index (κ2) is 6.46. The van der Waals surface area contributed by atoms with Gasteiger partial charge in [0.25, 0.3) is 0 Å². The van der Waals surface area contributed by atoms with Gasteiger partial charge in [0.1, 0.15) is 0 Å². The molecule has 1 aliphatic rings. The SMILES string of the molecule is COC1CCN(CCC(C)C)C(CN)C1. The van der Waals surface area contributed by atoms with Gasteiger partial charge in [-0.05, 0) is 31.7 Å². The van der Waals surface area contributed by atoms with Crippen LogP contribution in [0.4, 0.5) is 0 Å². The van der Waals surface area contributed by atoms with E-state index < -0.39 is 0 Å². The van der Waals surface area contributed by atoms with Crippen molar-refractivity contribution in [1.82, 2.24) is 4.90 Å². The van der Waals surface area contributed by atoms with E-state index in [2.05, 4.69) is 18.7 Å². The first-order valence-electron chi connectivity index (χ1n) is 6.14. The van der Waals surface area contributed by atoms with Crippen molar-refractivity contribution in [2.24, 2.45) is 11.7 Å². The largest absolute Gasteiger partial charge is 0.381 e. The summed E-state index contributed by atoms with van der Waals surface area (Å²) >= 11 is 0. The Morgan fingerprint density at radius 2 is 2.20 bits per heavy atom. The molecule has 15 heavy (non-hydrogen) atoms. The van der Waals surface area contributed by atoms with Crippen LogP contribution >= 0.6 is 0 Å². The minimum absolute atomic E-state index is 0.425. The third-order valence-electron chi connectivity index (χ3n) is 3.39. The zero-order chi connectivity index (χ0) is 11.3. The predicted octanol–water partition coefficient (Wildman–Crippen LogP) is 1.47. The molecule has 3 heteroatoms. The maximum absolute atomic E-state index is 5.82. The molecule has 2 unspecified atom stereocenters. The van der Waals surface area contributed by atoms with E-state index in [1.807, 2.05) is 7.11 Å². The lowest BCUT2D eigenvalue weighted by atomic mass is 9.98. The number of nitrogens with two attached hydrogens (primary N) is 1. The van der Waals surface area contributed by atoms with Crippen LogP contribution in [0.5, 0.6) is 0 Å². The summed E-state index contributed by atoms with van der Waals surface area (Å²) in [6.07, 6.45) is 3.96. The molecule has 0 bridgehead atoms. The standard InChI is InChI=1S/C12H26N2O/c1-10(2)4-6-14-7-5-12(15-3)8-11(14)9-13/h10-12H,4-9,13H2,1-3H3. The van der Waals surface area contributed by atoms with Crippen molar-refractivity contribution in [2.45, 2.75) is 45.3 Å². The summed E-state index contributed by atoms with van der Waals surface area (Å²) in [5, 5.41) is 0. The van der Waals surface area contributed by atoms with Crippen molar-refractivity contribution in [3.8, 4) is 0 Å². The van der Waals surface area contributed by atoms with Gasteiger partial charge >= 0.3 is 0 Å². The van der Waals surface area contributed by atoms with E-state index in [0.29, 0.717) is 12.1 Å². The highest BCUT2D eigenvalue weighted by atomic mass is 16.5. The minimum atomic E-state index is 0.425.